The molecule has 0 aliphatic heterocycles. The first kappa shape index (κ1) is 16.6. The standard InChI is InChI=1S/Co.Fe.O2P/c;;1-3-2/q;;+1. The van der Waals surface area contributed by atoms with Gasteiger partial charge in [0.15, 0.2) is 0 Å². The number of hydrogen-bond acceptors (Lipinski definition) is 2. The SMILES string of the molecule is O=[P+]=O.[Co].[Fe]. The third-order valence-electron chi connectivity index (χ3n) is 0. The minimum Gasteiger partial charge on any atom is 0 e. The maximum absolute atomic E-state index is 8.35. The second kappa shape index (κ2) is 19.7. The van der Waals surface area contributed by atoms with Crippen molar-refractivity contribution in [3.05, 3.63) is 0 Å². The average Bonchev–Trinajstić information content (AvgIpc) is 0.918. The molecule has 0 aromatic rings. The Morgan fingerprint density at radius 1 is 1.20 bits per heavy atom. The summed E-state index contributed by atoms with van der Waals surface area (Å²) in [6.45, 7) is 0. The third kappa shape index (κ3) is 42.3. The monoisotopic (exact) mass is 178 g/mol. The predicted octanol–water partition coefficient (Wildman–Crippen LogP) is 0.619. The molecule has 0 fully saturated rings. The van der Waals surface area contributed by atoms with Crippen LogP contribution in [-0.2, 0) is 43.0 Å². The topological polar surface area (TPSA) is 34.1 Å². The normalized spacial score (nSPS) is 1.60. The minimum atomic E-state index is -1.08. The van der Waals surface area contributed by atoms with Crippen molar-refractivity contribution < 1.29 is 43.0 Å². The first-order valence-electron chi connectivity index (χ1n) is 0.365. The summed E-state index contributed by atoms with van der Waals surface area (Å²) in [5, 5.41) is 0. The zero-order valence-electron chi connectivity index (χ0n) is 1.95. The van der Waals surface area contributed by atoms with Crippen molar-refractivity contribution in [2.45, 2.75) is 0 Å². The van der Waals surface area contributed by atoms with E-state index in [0.29, 0.717) is 0 Å². The Bertz CT molecular complexity index is 30.6. The summed E-state index contributed by atoms with van der Waals surface area (Å²) >= 11 is 0. The van der Waals surface area contributed by atoms with Crippen molar-refractivity contribution in [2.24, 2.45) is 0 Å². The van der Waals surface area contributed by atoms with Crippen molar-refractivity contribution in [3.63, 3.8) is 0 Å². The zero-order chi connectivity index (χ0) is 2.71. The third-order valence-corrected chi connectivity index (χ3v) is 0. The summed E-state index contributed by atoms with van der Waals surface area (Å²) in [4.78, 5) is 0. The summed E-state index contributed by atoms with van der Waals surface area (Å²) in [5.74, 6) is 0. The molecule has 1 radical (unpaired) electrons. The molecule has 0 saturated heterocycles. The molecule has 0 aromatic heterocycles. The van der Waals surface area contributed by atoms with Crippen molar-refractivity contribution >= 4 is 8.34 Å². The Kier molecular flexibility index (Phi) is 65.2. The van der Waals surface area contributed by atoms with Crippen molar-refractivity contribution in [2.75, 3.05) is 0 Å². The van der Waals surface area contributed by atoms with Crippen molar-refractivity contribution in [1.82, 2.24) is 0 Å². The number of hydrogen-bond donors (Lipinski definition) is 0. The van der Waals surface area contributed by atoms with Gasteiger partial charge in [-0.25, -0.2) is 0 Å². The summed E-state index contributed by atoms with van der Waals surface area (Å²) in [5.41, 5.74) is 0. The van der Waals surface area contributed by atoms with Gasteiger partial charge in [0, 0.05) is 33.8 Å². The Labute approximate surface area is 51.6 Å². The van der Waals surface area contributed by atoms with Gasteiger partial charge in [0.25, 0.3) is 0 Å². The molecule has 0 aromatic carbocycles. The molecule has 0 N–H and O–H groups in total. The van der Waals surface area contributed by atoms with Gasteiger partial charge in [0.2, 0.25) is 0 Å². The second-order valence-corrected chi connectivity index (χ2v) is 0.224. The molecule has 2 nitrogen and oxygen atoms in total. The van der Waals surface area contributed by atoms with E-state index in [1.807, 2.05) is 0 Å². The van der Waals surface area contributed by atoms with Gasteiger partial charge in [-0.15, -0.1) is 0 Å². The Balaban J connectivity index is -0.0000000200. The van der Waals surface area contributed by atoms with E-state index in [1.54, 1.807) is 0 Å². The quantitative estimate of drug-likeness (QED) is 0.402. The Hall–Kier alpha value is 1.06. The van der Waals surface area contributed by atoms with Gasteiger partial charge in [0.1, 0.15) is 0 Å². The molecular formula is CoFeO2P+. The molecule has 0 rings (SSSR count). The van der Waals surface area contributed by atoms with E-state index < -0.39 is 8.34 Å². The molecular weight excluding hydrogens is 178 g/mol. The van der Waals surface area contributed by atoms with Crippen LogP contribution in [0.4, 0.5) is 0 Å². The predicted molar refractivity (Wildman–Crippen MR) is 8.29 cm³/mol. The Morgan fingerprint density at radius 2 is 1.20 bits per heavy atom. The van der Waals surface area contributed by atoms with Gasteiger partial charge in [0.05, 0.1) is 0 Å². The largest absolute Gasteiger partial charge is 0 e. The summed E-state index contributed by atoms with van der Waals surface area (Å²) in [6.07, 6.45) is 0. The van der Waals surface area contributed by atoms with Crippen LogP contribution in [-0.4, -0.2) is 0 Å². The van der Waals surface area contributed by atoms with Gasteiger partial charge in [-0.3, -0.25) is 0 Å². The van der Waals surface area contributed by atoms with E-state index in [4.69, 9.17) is 9.13 Å². The van der Waals surface area contributed by atoms with Crippen LogP contribution in [0.15, 0.2) is 0 Å². The summed E-state index contributed by atoms with van der Waals surface area (Å²) in [7, 11) is -1.08. The first-order chi connectivity index (χ1) is 1.41. The fourth-order valence-corrected chi connectivity index (χ4v) is 0. The zero-order valence-corrected chi connectivity index (χ0v) is 4.99. The van der Waals surface area contributed by atoms with E-state index in [1.165, 1.54) is 0 Å². The van der Waals surface area contributed by atoms with Gasteiger partial charge < -0.3 is 0 Å². The molecule has 0 heterocycles. The van der Waals surface area contributed by atoms with Gasteiger partial charge in [-0.05, 0) is 0 Å². The maximum Gasteiger partial charge on any atom is 0 e. The minimum absolute atomic E-state index is 0. The molecule has 0 spiro atoms. The van der Waals surface area contributed by atoms with Crippen LogP contribution in [0.2, 0.25) is 0 Å². The maximum atomic E-state index is 8.35. The smallest absolute Gasteiger partial charge is 0 e. The Morgan fingerprint density at radius 3 is 1.20 bits per heavy atom. The van der Waals surface area contributed by atoms with Crippen molar-refractivity contribution in [1.29, 1.82) is 0 Å². The average molecular weight is 178 g/mol. The van der Waals surface area contributed by atoms with Crippen LogP contribution in [0.1, 0.15) is 0 Å². The molecule has 0 aliphatic rings. The molecule has 5 heteroatoms. The van der Waals surface area contributed by atoms with Crippen LogP contribution < -0.4 is 0 Å². The van der Waals surface area contributed by atoms with Crippen molar-refractivity contribution in [3.8, 4) is 0 Å². The van der Waals surface area contributed by atoms with E-state index in [-0.39, 0.29) is 33.8 Å². The molecule has 0 amide bonds. The van der Waals surface area contributed by atoms with E-state index >= 15 is 0 Å². The van der Waals surface area contributed by atoms with E-state index in [2.05, 4.69) is 0 Å². The fraction of sp³-hybridized carbons (Fsp3) is 0. The van der Waals surface area contributed by atoms with Crippen LogP contribution >= 0.6 is 8.34 Å². The molecule has 33 valence electrons. The summed E-state index contributed by atoms with van der Waals surface area (Å²) < 4.78 is 16.7. The fourth-order valence-electron chi connectivity index (χ4n) is 0. The molecule has 0 bridgehead atoms. The van der Waals surface area contributed by atoms with Gasteiger partial charge in [-0.2, -0.15) is 0 Å². The molecule has 0 atom stereocenters. The summed E-state index contributed by atoms with van der Waals surface area (Å²) in [6, 6.07) is 0. The van der Waals surface area contributed by atoms with E-state index in [9.17, 15) is 0 Å². The molecule has 5 heavy (non-hydrogen) atoms. The number of rotatable bonds is 0. The van der Waals surface area contributed by atoms with Gasteiger partial charge >= 0.3 is 17.5 Å². The molecule has 0 unspecified atom stereocenters. The van der Waals surface area contributed by atoms with E-state index in [0.717, 1.165) is 0 Å². The molecule has 0 aliphatic carbocycles. The van der Waals surface area contributed by atoms with Gasteiger partial charge in [-0.1, -0.05) is 0 Å². The van der Waals surface area contributed by atoms with Crippen LogP contribution in [0, 0.1) is 0 Å². The molecule has 0 saturated carbocycles. The van der Waals surface area contributed by atoms with Crippen LogP contribution in [0.3, 0.4) is 0 Å². The second-order valence-electron chi connectivity index (χ2n) is 0.0745. The van der Waals surface area contributed by atoms with Crippen LogP contribution in [0.5, 0.6) is 0 Å². The first-order valence-corrected chi connectivity index (χ1v) is 1.10. The van der Waals surface area contributed by atoms with Crippen LogP contribution in [0.25, 0.3) is 0 Å².